The summed E-state index contributed by atoms with van der Waals surface area (Å²) in [5.41, 5.74) is -0.468. The Kier molecular flexibility index (Phi) is 4.13. The van der Waals surface area contributed by atoms with Gasteiger partial charge < -0.3 is 9.47 Å². The van der Waals surface area contributed by atoms with Gasteiger partial charge in [0.2, 0.25) is 0 Å². The third-order valence-corrected chi connectivity index (χ3v) is 10.3. The van der Waals surface area contributed by atoms with Gasteiger partial charge in [0.25, 0.3) is 0 Å². The maximum atomic E-state index is 13.9. The Balaban J connectivity index is 1.50. The molecule has 2 heterocycles. The number of carbonyl (C=O) groups excluding carboxylic acids is 2. The van der Waals surface area contributed by atoms with Crippen molar-refractivity contribution >= 4 is 11.8 Å². The van der Waals surface area contributed by atoms with Gasteiger partial charge in [0, 0.05) is 18.3 Å². The van der Waals surface area contributed by atoms with Crippen molar-refractivity contribution in [2.75, 3.05) is 7.11 Å². The molecule has 0 radical (unpaired) electrons. The van der Waals surface area contributed by atoms with E-state index in [-0.39, 0.29) is 22.7 Å². The number of hydrogen-bond donors (Lipinski definition) is 0. The second-order valence-electron chi connectivity index (χ2n) is 11.2. The van der Waals surface area contributed by atoms with E-state index >= 15 is 0 Å². The largest absolute Gasteiger partial charge is 0.469 e. The topological polar surface area (TPSA) is 52.6 Å². The Morgan fingerprint density at radius 2 is 1.93 bits per heavy atom. The number of Topliss-reactive ketones (excluding diaryl/α,β-unsaturated/α-hetero) is 1. The first-order valence-electron chi connectivity index (χ1n) is 11.5. The molecule has 156 valence electrons. The zero-order valence-electron chi connectivity index (χ0n) is 18.0. The number of ketones is 1. The van der Waals surface area contributed by atoms with Crippen molar-refractivity contribution in [3.8, 4) is 0 Å². The molecule has 9 atom stereocenters. The molecular weight excluding hydrogens is 352 g/mol. The average molecular weight is 389 g/mol. The summed E-state index contributed by atoms with van der Waals surface area (Å²) >= 11 is 0. The Hall–Kier alpha value is -0.900. The molecule has 0 N–H and O–H groups in total. The summed E-state index contributed by atoms with van der Waals surface area (Å²) in [7, 11) is 1.47. The Morgan fingerprint density at radius 1 is 1.18 bits per heavy atom. The van der Waals surface area contributed by atoms with E-state index in [2.05, 4.69) is 20.8 Å². The van der Waals surface area contributed by atoms with Crippen LogP contribution in [-0.4, -0.2) is 30.6 Å². The fourth-order valence-electron chi connectivity index (χ4n) is 9.08. The van der Waals surface area contributed by atoms with Crippen molar-refractivity contribution in [2.45, 2.75) is 90.3 Å². The third kappa shape index (κ3) is 2.16. The molecule has 4 nitrogen and oxygen atoms in total. The maximum absolute atomic E-state index is 13.9. The molecule has 4 aliphatic carbocycles. The minimum absolute atomic E-state index is 0.00366. The minimum atomic E-state index is -0.512. The molecule has 4 saturated carbocycles. The first-order valence-corrected chi connectivity index (χ1v) is 11.5. The van der Waals surface area contributed by atoms with Gasteiger partial charge in [-0.25, -0.2) is 0 Å². The second kappa shape index (κ2) is 6.06. The van der Waals surface area contributed by atoms with Crippen LogP contribution in [0.25, 0.3) is 0 Å². The summed E-state index contributed by atoms with van der Waals surface area (Å²) in [6.07, 6.45) is 9.60. The molecule has 2 saturated heterocycles. The lowest BCUT2D eigenvalue weighted by molar-refractivity contribution is -0.307. The number of ether oxygens (including phenoxy) is 2. The summed E-state index contributed by atoms with van der Waals surface area (Å²) < 4.78 is 11.7. The Labute approximate surface area is 169 Å². The Bertz CT molecular complexity index is 703. The minimum Gasteiger partial charge on any atom is -0.469 e. The molecule has 6 rings (SSSR count). The normalized spacial score (nSPS) is 52.7. The zero-order valence-corrected chi connectivity index (χ0v) is 18.0. The summed E-state index contributed by atoms with van der Waals surface area (Å²) in [4.78, 5) is 25.8. The van der Waals surface area contributed by atoms with Gasteiger partial charge in [-0.2, -0.15) is 0 Å². The van der Waals surface area contributed by atoms with E-state index in [9.17, 15) is 9.59 Å². The predicted octanol–water partition coefficient (Wildman–Crippen LogP) is 4.54. The van der Waals surface area contributed by atoms with Crippen LogP contribution >= 0.6 is 0 Å². The summed E-state index contributed by atoms with van der Waals surface area (Å²) in [6, 6.07) is 0. The van der Waals surface area contributed by atoms with Gasteiger partial charge in [-0.1, -0.05) is 20.8 Å². The monoisotopic (exact) mass is 388 g/mol. The number of fused-ring (bicyclic) bond motifs is 3. The standard InChI is InChI=1S/C24H36O4/c1-14(11-21(26)27-4)17-7-8-18-19-6-5-15-12-16-9-10-23(15,3)24(19,28-16)20(25)13-22(17,18)2/h14-19H,5-13H2,1-4H3/t14-,15-,16-,17-,18+,19+,22-,23+,24+/m1/s1. The van der Waals surface area contributed by atoms with Gasteiger partial charge in [0.05, 0.1) is 13.2 Å². The number of hydrogen-bond acceptors (Lipinski definition) is 4. The van der Waals surface area contributed by atoms with Crippen molar-refractivity contribution in [2.24, 2.45) is 40.4 Å². The number of esters is 1. The molecule has 28 heavy (non-hydrogen) atoms. The fourth-order valence-corrected chi connectivity index (χ4v) is 9.08. The zero-order chi connectivity index (χ0) is 19.9. The van der Waals surface area contributed by atoms with Gasteiger partial charge in [-0.3, -0.25) is 9.59 Å². The quantitative estimate of drug-likeness (QED) is 0.666. The van der Waals surface area contributed by atoms with E-state index in [1.807, 2.05) is 0 Å². The van der Waals surface area contributed by atoms with Crippen molar-refractivity contribution < 1.29 is 19.1 Å². The first-order chi connectivity index (χ1) is 13.3. The van der Waals surface area contributed by atoms with Crippen LogP contribution in [0.15, 0.2) is 0 Å². The number of carbonyl (C=O) groups is 2. The molecule has 0 aromatic carbocycles. The highest BCUT2D eigenvalue weighted by atomic mass is 16.5. The van der Waals surface area contributed by atoms with Crippen LogP contribution in [0.2, 0.25) is 0 Å². The smallest absolute Gasteiger partial charge is 0.305 e. The van der Waals surface area contributed by atoms with Crippen LogP contribution in [0.3, 0.4) is 0 Å². The molecule has 0 unspecified atom stereocenters. The van der Waals surface area contributed by atoms with Gasteiger partial charge in [-0.15, -0.1) is 0 Å². The van der Waals surface area contributed by atoms with E-state index in [1.165, 1.54) is 26.4 Å². The molecule has 0 amide bonds. The lowest BCUT2D eigenvalue weighted by Crippen LogP contribution is -2.75. The molecule has 0 aromatic heterocycles. The first kappa shape index (κ1) is 19.1. The number of methoxy groups -OCH3 is 1. The van der Waals surface area contributed by atoms with Crippen LogP contribution in [0.4, 0.5) is 0 Å². The molecule has 1 spiro atoms. The van der Waals surface area contributed by atoms with Crippen LogP contribution in [0.5, 0.6) is 0 Å². The highest BCUT2D eigenvalue weighted by Crippen LogP contribution is 2.72. The summed E-state index contributed by atoms with van der Waals surface area (Å²) in [6.45, 7) is 6.91. The summed E-state index contributed by atoms with van der Waals surface area (Å²) in [5, 5.41) is 0. The molecule has 4 heteroatoms. The van der Waals surface area contributed by atoms with Crippen molar-refractivity contribution in [3.63, 3.8) is 0 Å². The molecular formula is C24H36O4. The molecule has 4 bridgehead atoms. The van der Waals surface area contributed by atoms with E-state index < -0.39 is 5.60 Å². The highest BCUT2D eigenvalue weighted by Gasteiger charge is 2.74. The van der Waals surface area contributed by atoms with Crippen molar-refractivity contribution in [3.05, 3.63) is 0 Å². The van der Waals surface area contributed by atoms with Crippen LogP contribution in [0, 0.1) is 40.4 Å². The molecule has 0 aromatic rings. The van der Waals surface area contributed by atoms with Gasteiger partial charge in [0.15, 0.2) is 5.78 Å². The van der Waals surface area contributed by atoms with Gasteiger partial charge >= 0.3 is 5.97 Å². The highest BCUT2D eigenvalue weighted by molar-refractivity contribution is 5.91. The SMILES string of the molecule is COC(=O)C[C@@H](C)[C@H]1CC[C@H]2[C@@H]3CC[C@@H]4C[C@H]5CC[C@]4(C)[C@@]3(O5)C(=O)C[C@]12C. The lowest BCUT2D eigenvalue weighted by Gasteiger charge is -2.70. The van der Waals surface area contributed by atoms with E-state index in [0.29, 0.717) is 48.4 Å². The van der Waals surface area contributed by atoms with Gasteiger partial charge in [0.1, 0.15) is 5.60 Å². The van der Waals surface area contributed by atoms with Gasteiger partial charge in [-0.05, 0) is 80.0 Å². The predicted molar refractivity (Wildman–Crippen MR) is 106 cm³/mol. The lowest BCUT2D eigenvalue weighted by atomic mass is 9.40. The van der Waals surface area contributed by atoms with Crippen LogP contribution < -0.4 is 0 Å². The molecule has 6 aliphatic rings. The van der Waals surface area contributed by atoms with E-state index in [1.54, 1.807) is 0 Å². The average Bonchev–Trinajstić information content (AvgIpc) is 2.98. The van der Waals surface area contributed by atoms with E-state index in [0.717, 1.165) is 25.7 Å². The number of rotatable bonds is 3. The van der Waals surface area contributed by atoms with Crippen molar-refractivity contribution in [1.29, 1.82) is 0 Å². The second-order valence-corrected chi connectivity index (χ2v) is 11.2. The fraction of sp³-hybridized carbons (Fsp3) is 0.917. The van der Waals surface area contributed by atoms with Crippen LogP contribution in [0.1, 0.15) is 78.6 Å². The molecule has 6 fully saturated rings. The van der Waals surface area contributed by atoms with E-state index in [4.69, 9.17) is 9.47 Å². The van der Waals surface area contributed by atoms with Crippen LogP contribution in [-0.2, 0) is 19.1 Å². The maximum Gasteiger partial charge on any atom is 0.305 e. The third-order valence-electron chi connectivity index (χ3n) is 10.3. The Morgan fingerprint density at radius 3 is 2.68 bits per heavy atom. The molecule has 2 aliphatic heterocycles. The van der Waals surface area contributed by atoms with Crippen molar-refractivity contribution in [1.82, 2.24) is 0 Å². The summed E-state index contributed by atoms with van der Waals surface area (Å²) in [5.74, 6) is 2.54.